The summed E-state index contributed by atoms with van der Waals surface area (Å²) in [7, 11) is 0. The van der Waals surface area contributed by atoms with Crippen molar-refractivity contribution in [3.8, 4) is 0 Å². The van der Waals surface area contributed by atoms with E-state index >= 15 is 0 Å². The van der Waals surface area contributed by atoms with E-state index in [-0.39, 0.29) is 11.6 Å². The summed E-state index contributed by atoms with van der Waals surface area (Å²) in [6.07, 6.45) is -7.63. The molecule has 1 aliphatic carbocycles. The Morgan fingerprint density at radius 1 is 0.810 bits per heavy atom. The van der Waals surface area contributed by atoms with E-state index in [2.05, 4.69) is 0 Å². The van der Waals surface area contributed by atoms with Gasteiger partial charge in [0.2, 0.25) is 0 Å². The predicted octanol–water partition coefficient (Wildman–Crippen LogP) is 5.85. The molecule has 0 saturated carbocycles. The first-order valence-electron chi connectivity index (χ1n) is 6.15. The van der Waals surface area contributed by atoms with E-state index in [1.807, 2.05) is 0 Å². The molecule has 0 saturated heterocycles. The Hall–Kier alpha value is -1.72. The largest absolute Gasteiger partial charge is 0.416 e. The van der Waals surface area contributed by atoms with Gasteiger partial charge < -0.3 is 0 Å². The molecule has 0 radical (unpaired) electrons. The van der Waals surface area contributed by atoms with Crippen molar-refractivity contribution in [2.75, 3.05) is 0 Å². The van der Waals surface area contributed by atoms with Crippen LogP contribution in [0.15, 0.2) is 35.4 Å². The number of alkyl halides is 6. The normalized spacial score (nSPS) is 16.5. The quantitative estimate of drug-likeness (QED) is 0.571. The van der Waals surface area contributed by atoms with Crippen LogP contribution in [0.1, 0.15) is 37.0 Å². The molecule has 1 aliphatic rings. The average Bonchev–Trinajstić information content (AvgIpc) is 2.67. The fourth-order valence-electron chi connectivity index (χ4n) is 2.19. The summed E-state index contributed by atoms with van der Waals surface area (Å²) in [5, 5.41) is 0. The van der Waals surface area contributed by atoms with E-state index in [4.69, 9.17) is 0 Å². The third kappa shape index (κ3) is 3.31. The van der Waals surface area contributed by atoms with Crippen molar-refractivity contribution in [3.63, 3.8) is 0 Å². The van der Waals surface area contributed by atoms with Gasteiger partial charge in [-0.1, -0.05) is 17.2 Å². The van der Waals surface area contributed by atoms with E-state index in [9.17, 15) is 26.3 Å². The van der Waals surface area contributed by atoms with E-state index < -0.39 is 23.5 Å². The molecule has 0 aliphatic heterocycles. The van der Waals surface area contributed by atoms with Crippen LogP contribution in [-0.4, -0.2) is 0 Å². The fourth-order valence-corrected chi connectivity index (χ4v) is 2.19. The van der Waals surface area contributed by atoms with Crippen LogP contribution >= 0.6 is 0 Å². The summed E-state index contributed by atoms with van der Waals surface area (Å²) in [5.74, 6) is 0. The van der Waals surface area contributed by atoms with Crippen molar-refractivity contribution >= 4 is 5.57 Å². The van der Waals surface area contributed by atoms with Crippen LogP contribution < -0.4 is 0 Å². The van der Waals surface area contributed by atoms with E-state index in [1.54, 1.807) is 19.9 Å². The Kier molecular flexibility index (Phi) is 3.68. The molecule has 0 nitrogen and oxygen atoms in total. The Bertz CT molecular complexity index is 596. The average molecular weight is 306 g/mol. The molecule has 114 valence electrons. The third-order valence-corrected chi connectivity index (χ3v) is 3.48. The number of rotatable bonds is 1. The van der Waals surface area contributed by atoms with Crippen LogP contribution in [0.3, 0.4) is 0 Å². The van der Waals surface area contributed by atoms with Crippen molar-refractivity contribution in [3.05, 3.63) is 52.1 Å². The van der Waals surface area contributed by atoms with Crippen molar-refractivity contribution in [1.82, 2.24) is 0 Å². The summed E-state index contributed by atoms with van der Waals surface area (Å²) < 4.78 is 76.7. The van der Waals surface area contributed by atoms with Gasteiger partial charge in [0.1, 0.15) is 0 Å². The first-order chi connectivity index (χ1) is 9.48. The zero-order valence-electron chi connectivity index (χ0n) is 11.3. The van der Waals surface area contributed by atoms with Gasteiger partial charge in [0.15, 0.2) is 0 Å². The highest BCUT2D eigenvalue weighted by atomic mass is 19.4. The maximum Gasteiger partial charge on any atom is 0.416 e. The lowest BCUT2D eigenvalue weighted by molar-refractivity contribution is -0.143. The third-order valence-electron chi connectivity index (χ3n) is 3.48. The molecule has 0 N–H and O–H groups in total. The second-order valence-corrected chi connectivity index (χ2v) is 5.10. The SMILES string of the molecule is CC1=C(C)CC(c2cc(C(F)(F)F)cc(C(F)(F)F)c2)=C1. The molecule has 1 aromatic rings. The van der Waals surface area contributed by atoms with Crippen LogP contribution in [0.4, 0.5) is 26.3 Å². The monoisotopic (exact) mass is 306 g/mol. The standard InChI is InChI=1S/C15H12F6/c1-8-3-10(4-9(8)2)11-5-12(14(16,17)18)7-13(6-11)15(19,20)21/h3,5-7H,4H2,1-2H3. The molecule has 0 unspecified atom stereocenters. The summed E-state index contributed by atoms with van der Waals surface area (Å²) >= 11 is 0. The maximum atomic E-state index is 12.8. The summed E-state index contributed by atoms with van der Waals surface area (Å²) in [4.78, 5) is 0. The molecule has 0 fully saturated rings. The second kappa shape index (κ2) is 4.93. The molecule has 0 bridgehead atoms. The first-order valence-corrected chi connectivity index (χ1v) is 6.15. The molecular formula is C15H12F6. The van der Waals surface area contributed by atoms with Crippen LogP contribution in [-0.2, 0) is 12.4 Å². The molecular weight excluding hydrogens is 294 g/mol. The topological polar surface area (TPSA) is 0 Å². The minimum atomic E-state index is -4.81. The van der Waals surface area contributed by atoms with Crippen LogP contribution in [0.2, 0.25) is 0 Å². The fraction of sp³-hybridized carbons (Fsp3) is 0.333. The Morgan fingerprint density at radius 2 is 1.29 bits per heavy atom. The van der Waals surface area contributed by atoms with Gasteiger partial charge in [0.25, 0.3) is 0 Å². The smallest absolute Gasteiger partial charge is 0.166 e. The maximum absolute atomic E-state index is 12.8. The van der Waals surface area contributed by atoms with Gasteiger partial charge in [-0.15, -0.1) is 0 Å². The number of hydrogen-bond donors (Lipinski definition) is 0. The minimum Gasteiger partial charge on any atom is -0.166 e. The Balaban J connectivity index is 2.55. The highest BCUT2D eigenvalue weighted by molar-refractivity contribution is 5.74. The van der Waals surface area contributed by atoms with Gasteiger partial charge in [-0.25, -0.2) is 0 Å². The first kappa shape index (κ1) is 15.7. The van der Waals surface area contributed by atoms with E-state index in [1.165, 1.54) is 0 Å². The number of allylic oxidation sites excluding steroid dienone is 4. The predicted molar refractivity (Wildman–Crippen MR) is 67.4 cm³/mol. The van der Waals surface area contributed by atoms with Gasteiger partial charge in [-0.3, -0.25) is 0 Å². The second-order valence-electron chi connectivity index (χ2n) is 5.10. The van der Waals surface area contributed by atoms with Crippen molar-refractivity contribution in [2.45, 2.75) is 32.6 Å². The van der Waals surface area contributed by atoms with Crippen molar-refractivity contribution < 1.29 is 26.3 Å². The Morgan fingerprint density at radius 3 is 1.62 bits per heavy atom. The molecule has 0 heterocycles. The summed E-state index contributed by atoms with van der Waals surface area (Å²) in [5.41, 5.74) is -0.312. The lowest BCUT2D eigenvalue weighted by Crippen LogP contribution is -2.11. The summed E-state index contributed by atoms with van der Waals surface area (Å²) in [6, 6.07) is 1.69. The molecule has 0 spiro atoms. The lowest BCUT2D eigenvalue weighted by Gasteiger charge is -2.15. The molecule has 0 atom stereocenters. The number of hydrogen-bond acceptors (Lipinski definition) is 0. The van der Waals surface area contributed by atoms with Gasteiger partial charge in [-0.05, 0) is 49.6 Å². The van der Waals surface area contributed by atoms with Crippen molar-refractivity contribution in [2.24, 2.45) is 0 Å². The number of benzene rings is 1. The Labute approximate surface area is 117 Å². The molecule has 2 rings (SSSR count). The minimum absolute atomic E-state index is 0.0339. The van der Waals surface area contributed by atoms with Gasteiger partial charge in [-0.2, -0.15) is 26.3 Å². The van der Waals surface area contributed by atoms with Crippen LogP contribution in [0.25, 0.3) is 5.57 Å². The molecule has 1 aromatic carbocycles. The summed E-state index contributed by atoms with van der Waals surface area (Å²) in [6.45, 7) is 3.58. The number of halogens is 6. The molecule has 6 heteroatoms. The van der Waals surface area contributed by atoms with Crippen LogP contribution in [0, 0.1) is 0 Å². The van der Waals surface area contributed by atoms with Crippen molar-refractivity contribution in [1.29, 1.82) is 0 Å². The highest BCUT2D eigenvalue weighted by Gasteiger charge is 2.37. The molecule has 0 aromatic heterocycles. The molecule has 21 heavy (non-hydrogen) atoms. The lowest BCUT2D eigenvalue weighted by atomic mass is 9.97. The van der Waals surface area contributed by atoms with Gasteiger partial charge in [0.05, 0.1) is 11.1 Å². The van der Waals surface area contributed by atoms with Gasteiger partial charge >= 0.3 is 12.4 Å². The van der Waals surface area contributed by atoms with E-state index in [0.717, 1.165) is 23.3 Å². The van der Waals surface area contributed by atoms with E-state index in [0.29, 0.717) is 12.0 Å². The highest BCUT2D eigenvalue weighted by Crippen LogP contribution is 2.40. The van der Waals surface area contributed by atoms with Crippen LogP contribution in [0.5, 0.6) is 0 Å². The zero-order chi connectivity index (χ0) is 16.0. The zero-order valence-corrected chi connectivity index (χ0v) is 11.3. The molecule has 0 amide bonds. The van der Waals surface area contributed by atoms with Gasteiger partial charge in [0, 0.05) is 0 Å².